The SMILES string of the molecule is O=C1Cc2sccc2C(=O)N1CCO. The van der Waals surface area contributed by atoms with Gasteiger partial charge in [0.1, 0.15) is 0 Å². The molecule has 0 spiro atoms. The van der Waals surface area contributed by atoms with Crippen LogP contribution in [-0.4, -0.2) is 35.0 Å². The number of aliphatic hydroxyl groups is 1. The van der Waals surface area contributed by atoms with E-state index < -0.39 is 0 Å². The van der Waals surface area contributed by atoms with Crippen LogP contribution in [0.3, 0.4) is 0 Å². The Hall–Kier alpha value is -1.20. The molecule has 4 nitrogen and oxygen atoms in total. The highest BCUT2D eigenvalue weighted by Crippen LogP contribution is 2.24. The first-order valence-electron chi connectivity index (χ1n) is 4.26. The fraction of sp³-hybridized carbons (Fsp3) is 0.333. The number of thiophene rings is 1. The molecular weight excluding hydrogens is 202 g/mol. The highest BCUT2D eigenvalue weighted by atomic mass is 32.1. The van der Waals surface area contributed by atoms with Crippen LogP contribution >= 0.6 is 11.3 Å². The Bertz CT molecular complexity index is 385. The second-order valence-electron chi connectivity index (χ2n) is 3.01. The largest absolute Gasteiger partial charge is 0.395 e. The van der Waals surface area contributed by atoms with Crippen molar-refractivity contribution in [3.63, 3.8) is 0 Å². The van der Waals surface area contributed by atoms with Gasteiger partial charge in [0.05, 0.1) is 25.1 Å². The van der Waals surface area contributed by atoms with E-state index in [2.05, 4.69) is 0 Å². The number of rotatable bonds is 2. The summed E-state index contributed by atoms with van der Waals surface area (Å²) in [6.07, 6.45) is 0.277. The van der Waals surface area contributed by atoms with E-state index in [0.717, 1.165) is 9.78 Å². The number of imide groups is 1. The first-order chi connectivity index (χ1) is 6.74. The maximum absolute atomic E-state index is 11.7. The van der Waals surface area contributed by atoms with Crippen molar-refractivity contribution in [1.82, 2.24) is 4.90 Å². The molecule has 1 aliphatic heterocycles. The van der Waals surface area contributed by atoms with Crippen LogP contribution in [0.4, 0.5) is 0 Å². The van der Waals surface area contributed by atoms with Gasteiger partial charge in [-0.3, -0.25) is 14.5 Å². The minimum atomic E-state index is -0.286. The van der Waals surface area contributed by atoms with Crippen molar-refractivity contribution >= 4 is 23.2 Å². The van der Waals surface area contributed by atoms with Crippen molar-refractivity contribution in [3.05, 3.63) is 21.9 Å². The van der Waals surface area contributed by atoms with E-state index >= 15 is 0 Å². The lowest BCUT2D eigenvalue weighted by atomic mass is 10.1. The summed E-state index contributed by atoms with van der Waals surface area (Å²) in [6.45, 7) is -0.0933. The van der Waals surface area contributed by atoms with Gasteiger partial charge in [-0.25, -0.2) is 0 Å². The number of hydrogen-bond acceptors (Lipinski definition) is 4. The molecule has 1 aromatic heterocycles. The number of fused-ring (bicyclic) bond motifs is 1. The van der Waals surface area contributed by atoms with Gasteiger partial charge in [-0.05, 0) is 11.4 Å². The first kappa shape index (κ1) is 9.36. The van der Waals surface area contributed by atoms with E-state index in [-0.39, 0.29) is 31.4 Å². The monoisotopic (exact) mass is 211 g/mol. The van der Waals surface area contributed by atoms with Gasteiger partial charge in [-0.15, -0.1) is 11.3 Å². The van der Waals surface area contributed by atoms with Gasteiger partial charge in [0.15, 0.2) is 0 Å². The van der Waals surface area contributed by atoms with Crippen LogP contribution in [0, 0.1) is 0 Å². The molecular formula is C9H9NO3S. The predicted octanol–water partition coefficient (Wildman–Crippen LogP) is 0.265. The summed E-state index contributed by atoms with van der Waals surface area (Å²) in [7, 11) is 0. The number of β-amino-alcohol motifs (C(OH)–C–C–N with tert-alkyl or cyclic N) is 1. The fourth-order valence-corrected chi connectivity index (χ4v) is 2.34. The number of carbonyl (C=O) groups excluding carboxylic acids is 2. The smallest absolute Gasteiger partial charge is 0.261 e. The maximum atomic E-state index is 11.7. The highest BCUT2D eigenvalue weighted by Gasteiger charge is 2.30. The van der Waals surface area contributed by atoms with Crippen molar-refractivity contribution in [2.45, 2.75) is 6.42 Å². The topological polar surface area (TPSA) is 57.6 Å². The van der Waals surface area contributed by atoms with Gasteiger partial charge in [-0.2, -0.15) is 0 Å². The van der Waals surface area contributed by atoms with Crippen molar-refractivity contribution in [3.8, 4) is 0 Å². The van der Waals surface area contributed by atoms with Gasteiger partial charge in [0.25, 0.3) is 5.91 Å². The Morgan fingerprint density at radius 3 is 3.00 bits per heavy atom. The lowest BCUT2D eigenvalue weighted by Gasteiger charge is -2.23. The number of amides is 2. The van der Waals surface area contributed by atoms with Crippen LogP contribution in [0.15, 0.2) is 11.4 Å². The summed E-state index contributed by atoms with van der Waals surface area (Å²) in [5.41, 5.74) is 0.600. The second kappa shape index (κ2) is 3.51. The van der Waals surface area contributed by atoms with E-state index in [9.17, 15) is 9.59 Å². The number of nitrogens with zero attached hydrogens (tertiary/aromatic N) is 1. The van der Waals surface area contributed by atoms with Gasteiger partial charge in [-0.1, -0.05) is 0 Å². The number of hydrogen-bond donors (Lipinski definition) is 1. The van der Waals surface area contributed by atoms with E-state index in [1.54, 1.807) is 11.4 Å². The molecule has 0 saturated heterocycles. The molecule has 1 N–H and O–H groups in total. The van der Waals surface area contributed by atoms with Crippen molar-refractivity contribution in [2.75, 3.05) is 13.2 Å². The van der Waals surface area contributed by atoms with Gasteiger partial charge < -0.3 is 5.11 Å². The standard InChI is InChI=1S/C9H9NO3S/c11-3-2-10-8(12)5-7-6(9(10)13)1-4-14-7/h1,4,11H,2-3,5H2. The van der Waals surface area contributed by atoms with Crippen LogP contribution in [0.25, 0.3) is 0 Å². The normalized spacial score (nSPS) is 15.9. The van der Waals surface area contributed by atoms with Gasteiger partial charge in [0, 0.05) is 4.88 Å². The predicted molar refractivity (Wildman–Crippen MR) is 51.2 cm³/mol. The Kier molecular flexibility index (Phi) is 2.35. The third-order valence-corrected chi connectivity index (χ3v) is 3.08. The van der Waals surface area contributed by atoms with Crippen LogP contribution < -0.4 is 0 Å². The zero-order valence-electron chi connectivity index (χ0n) is 7.40. The zero-order valence-corrected chi connectivity index (χ0v) is 8.21. The molecule has 0 atom stereocenters. The van der Waals surface area contributed by atoms with E-state index in [0.29, 0.717) is 5.56 Å². The van der Waals surface area contributed by atoms with Crippen LogP contribution in [0.1, 0.15) is 15.2 Å². The Balaban J connectivity index is 2.34. The molecule has 2 rings (SSSR count). The summed E-state index contributed by atoms with van der Waals surface area (Å²) >= 11 is 1.42. The third-order valence-electron chi connectivity index (χ3n) is 2.16. The molecule has 14 heavy (non-hydrogen) atoms. The minimum Gasteiger partial charge on any atom is -0.395 e. The molecule has 0 aliphatic carbocycles. The molecule has 5 heteroatoms. The summed E-state index contributed by atoms with van der Waals surface area (Å²) in [6, 6.07) is 1.72. The molecule has 2 heterocycles. The Labute approximate surface area is 84.8 Å². The molecule has 0 fully saturated rings. The molecule has 1 aromatic rings. The molecule has 2 amide bonds. The average Bonchev–Trinajstić information content (AvgIpc) is 2.60. The lowest BCUT2D eigenvalue weighted by molar-refractivity contribution is -0.128. The van der Waals surface area contributed by atoms with Crippen molar-refractivity contribution in [2.24, 2.45) is 0 Å². The van der Waals surface area contributed by atoms with Crippen molar-refractivity contribution < 1.29 is 14.7 Å². The van der Waals surface area contributed by atoms with Crippen LogP contribution in [0.2, 0.25) is 0 Å². The van der Waals surface area contributed by atoms with Gasteiger partial charge >= 0.3 is 0 Å². The first-order valence-corrected chi connectivity index (χ1v) is 5.14. The summed E-state index contributed by atoms with van der Waals surface area (Å²) in [5, 5.41) is 10.5. The molecule has 1 aliphatic rings. The fourth-order valence-electron chi connectivity index (χ4n) is 1.49. The highest BCUT2D eigenvalue weighted by molar-refractivity contribution is 7.10. The summed E-state index contributed by atoms with van der Waals surface area (Å²) < 4.78 is 0. The molecule has 0 saturated carbocycles. The number of carbonyl (C=O) groups is 2. The molecule has 0 bridgehead atoms. The Morgan fingerprint density at radius 2 is 2.29 bits per heavy atom. The quantitative estimate of drug-likeness (QED) is 0.714. The second-order valence-corrected chi connectivity index (χ2v) is 4.01. The molecule has 0 radical (unpaired) electrons. The van der Waals surface area contributed by atoms with E-state index in [1.807, 2.05) is 0 Å². The maximum Gasteiger partial charge on any atom is 0.261 e. The van der Waals surface area contributed by atoms with E-state index in [1.165, 1.54) is 11.3 Å². The minimum absolute atomic E-state index is 0.0902. The summed E-state index contributed by atoms with van der Waals surface area (Å²) in [5.74, 6) is -0.509. The lowest BCUT2D eigenvalue weighted by Crippen LogP contribution is -2.43. The molecule has 0 aromatic carbocycles. The number of aliphatic hydroxyl groups excluding tert-OH is 1. The zero-order chi connectivity index (χ0) is 10.1. The van der Waals surface area contributed by atoms with Crippen molar-refractivity contribution in [1.29, 1.82) is 0 Å². The average molecular weight is 211 g/mol. The summed E-state index contributed by atoms with van der Waals surface area (Å²) in [4.78, 5) is 25.1. The third kappa shape index (κ3) is 1.34. The van der Waals surface area contributed by atoms with Crippen LogP contribution in [-0.2, 0) is 11.2 Å². The molecule has 0 unspecified atom stereocenters. The van der Waals surface area contributed by atoms with E-state index in [4.69, 9.17) is 5.11 Å². The van der Waals surface area contributed by atoms with Crippen LogP contribution in [0.5, 0.6) is 0 Å². The Morgan fingerprint density at radius 1 is 1.50 bits per heavy atom. The van der Waals surface area contributed by atoms with Gasteiger partial charge in [0.2, 0.25) is 5.91 Å². The molecule has 74 valence electrons.